The highest BCUT2D eigenvalue weighted by Gasteiger charge is 2.71. The number of ketones is 2. The number of carbonyl (C=O) groups is 2. The maximum Gasteiger partial charge on any atom is 0.171 e. The molecule has 2 nitrogen and oxygen atoms in total. The van der Waals surface area contributed by atoms with E-state index in [9.17, 15) is 9.59 Å². The van der Waals surface area contributed by atoms with Gasteiger partial charge in [-0.15, -0.1) is 0 Å². The van der Waals surface area contributed by atoms with Gasteiger partial charge in [-0.1, -0.05) is 89.9 Å². The molecule has 38 heavy (non-hydrogen) atoms. The standard InChI is InChI=1S/C36H46O2/c1-25(2)12-9-13-26(3)14-10-15-27(4)16-11-17-28(5)22-23-36-30-21-20-29(24-30)35(36,6)33(37)31-18-7-8-19-32(31)34(36)38/h7-8,12,14,16,18-22,29-30H,9-11,13,15,17,23-24H2,1-6H3/b26-14+,27-16+,28-22+. The van der Waals surface area contributed by atoms with Crippen molar-refractivity contribution in [2.45, 2.75) is 92.9 Å². The van der Waals surface area contributed by atoms with Crippen LogP contribution in [0.5, 0.6) is 0 Å². The van der Waals surface area contributed by atoms with Gasteiger partial charge in [0.05, 0.1) is 10.8 Å². The van der Waals surface area contributed by atoms with E-state index in [-0.39, 0.29) is 23.4 Å². The van der Waals surface area contributed by atoms with Gasteiger partial charge in [-0.2, -0.15) is 0 Å². The Bertz CT molecular complexity index is 1230. The maximum atomic E-state index is 14.1. The maximum absolute atomic E-state index is 14.1. The Hall–Kier alpha value is -2.74. The van der Waals surface area contributed by atoms with Crippen LogP contribution in [0.1, 0.15) is 114 Å². The molecule has 4 rings (SSSR count). The van der Waals surface area contributed by atoms with Crippen LogP contribution in [0.3, 0.4) is 0 Å². The van der Waals surface area contributed by atoms with E-state index in [0.717, 1.165) is 44.9 Å². The lowest BCUT2D eigenvalue weighted by atomic mass is 9.49. The van der Waals surface area contributed by atoms with Gasteiger partial charge in [0.25, 0.3) is 0 Å². The minimum Gasteiger partial charge on any atom is -0.293 e. The minimum absolute atomic E-state index is 0.145. The SMILES string of the molecule is CC(C)=CCC/C(C)=C/CC/C(C)=C/CC/C(C)=C/CC12C(=O)c3ccccc3C(=O)C1(C)C1C=CC2C1. The average Bonchev–Trinajstić information content (AvgIpc) is 3.47. The van der Waals surface area contributed by atoms with Crippen molar-refractivity contribution in [3.8, 4) is 0 Å². The van der Waals surface area contributed by atoms with Gasteiger partial charge in [-0.3, -0.25) is 9.59 Å². The van der Waals surface area contributed by atoms with Crippen LogP contribution in [0.25, 0.3) is 0 Å². The average molecular weight is 511 g/mol. The van der Waals surface area contributed by atoms with Crippen LogP contribution in [0.2, 0.25) is 0 Å². The Labute approximate surface area is 230 Å². The van der Waals surface area contributed by atoms with Gasteiger partial charge in [-0.25, -0.2) is 0 Å². The molecular weight excluding hydrogens is 464 g/mol. The Morgan fingerprint density at radius 1 is 0.737 bits per heavy atom. The quantitative estimate of drug-likeness (QED) is 0.278. The van der Waals surface area contributed by atoms with Crippen molar-refractivity contribution < 1.29 is 9.59 Å². The number of fused-ring (bicyclic) bond motifs is 6. The van der Waals surface area contributed by atoms with E-state index in [2.05, 4.69) is 78.0 Å². The van der Waals surface area contributed by atoms with Gasteiger partial charge in [0.1, 0.15) is 0 Å². The second-order valence-corrected chi connectivity index (χ2v) is 12.5. The van der Waals surface area contributed by atoms with Gasteiger partial charge in [-0.05, 0) is 97.8 Å². The molecule has 0 saturated heterocycles. The third-order valence-corrected chi connectivity index (χ3v) is 9.60. The summed E-state index contributed by atoms with van der Waals surface area (Å²) in [6.45, 7) is 13.1. The summed E-state index contributed by atoms with van der Waals surface area (Å²) in [5.74, 6) is 0.639. The predicted octanol–water partition coefficient (Wildman–Crippen LogP) is 9.80. The van der Waals surface area contributed by atoms with Crippen molar-refractivity contribution >= 4 is 11.6 Å². The summed E-state index contributed by atoms with van der Waals surface area (Å²) in [6.07, 6.45) is 21.8. The summed E-state index contributed by atoms with van der Waals surface area (Å²) < 4.78 is 0. The zero-order valence-corrected chi connectivity index (χ0v) is 24.4. The molecule has 1 aromatic carbocycles. The summed E-state index contributed by atoms with van der Waals surface area (Å²) in [5.41, 5.74) is 5.58. The first-order valence-electron chi connectivity index (χ1n) is 14.6. The molecule has 0 N–H and O–H groups in total. The van der Waals surface area contributed by atoms with Gasteiger partial charge in [0.15, 0.2) is 11.6 Å². The summed E-state index contributed by atoms with van der Waals surface area (Å²) in [7, 11) is 0. The molecule has 3 aliphatic carbocycles. The van der Waals surface area contributed by atoms with E-state index in [4.69, 9.17) is 0 Å². The van der Waals surface area contributed by atoms with Crippen LogP contribution in [-0.2, 0) is 0 Å². The van der Waals surface area contributed by atoms with Gasteiger partial charge >= 0.3 is 0 Å². The third-order valence-electron chi connectivity index (χ3n) is 9.60. The first-order chi connectivity index (χ1) is 18.1. The number of hydrogen-bond donors (Lipinski definition) is 0. The highest BCUT2D eigenvalue weighted by molar-refractivity contribution is 6.20. The van der Waals surface area contributed by atoms with E-state index in [1.54, 1.807) is 0 Å². The lowest BCUT2D eigenvalue weighted by Crippen LogP contribution is -2.56. The van der Waals surface area contributed by atoms with E-state index in [1.165, 1.54) is 22.3 Å². The predicted molar refractivity (Wildman–Crippen MR) is 159 cm³/mol. The minimum atomic E-state index is -0.652. The molecule has 4 unspecified atom stereocenters. The normalized spacial score (nSPS) is 28.5. The van der Waals surface area contributed by atoms with E-state index in [0.29, 0.717) is 17.5 Å². The van der Waals surface area contributed by atoms with Crippen molar-refractivity contribution in [1.29, 1.82) is 0 Å². The Kier molecular flexibility index (Phi) is 8.60. The number of benzene rings is 1. The second-order valence-electron chi connectivity index (χ2n) is 12.5. The lowest BCUT2D eigenvalue weighted by Gasteiger charge is -2.50. The van der Waals surface area contributed by atoms with E-state index >= 15 is 0 Å². The van der Waals surface area contributed by atoms with Crippen LogP contribution < -0.4 is 0 Å². The lowest BCUT2D eigenvalue weighted by molar-refractivity contribution is 0.0242. The smallest absolute Gasteiger partial charge is 0.171 e. The molecule has 0 amide bonds. The van der Waals surface area contributed by atoms with Crippen LogP contribution >= 0.6 is 0 Å². The monoisotopic (exact) mass is 510 g/mol. The van der Waals surface area contributed by atoms with Crippen molar-refractivity contribution in [1.82, 2.24) is 0 Å². The number of Topliss-reactive ketones (excluding diaryl/α,β-unsaturated/α-hetero) is 2. The van der Waals surface area contributed by atoms with Gasteiger partial charge in [0, 0.05) is 11.1 Å². The molecule has 2 bridgehead atoms. The number of allylic oxidation sites excluding steroid dienone is 10. The fourth-order valence-corrected chi connectivity index (χ4v) is 7.16. The molecule has 1 aromatic rings. The summed E-state index contributed by atoms with van der Waals surface area (Å²) >= 11 is 0. The van der Waals surface area contributed by atoms with Gasteiger partial charge in [0.2, 0.25) is 0 Å². The molecule has 0 spiro atoms. The molecule has 1 saturated carbocycles. The van der Waals surface area contributed by atoms with Crippen LogP contribution in [0.4, 0.5) is 0 Å². The number of hydrogen-bond acceptors (Lipinski definition) is 2. The molecule has 2 heteroatoms. The Morgan fingerprint density at radius 2 is 1.24 bits per heavy atom. The van der Waals surface area contributed by atoms with E-state index in [1.807, 2.05) is 24.3 Å². The first kappa shape index (κ1) is 28.3. The summed E-state index contributed by atoms with van der Waals surface area (Å²) in [6, 6.07) is 7.47. The fraction of sp³-hybridized carbons (Fsp3) is 0.500. The molecule has 1 fully saturated rings. The van der Waals surface area contributed by atoms with Crippen molar-refractivity contribution in [2.75, 3.05) is 0 Å². The van der Waals surface area contributed by atoms with Crippen molar-refractivity contribution in [2.24, 2.45) is 22.7 Å². The van der Waals surface area contributed by atoms with Crippen molar-refractivity contribution in [3.05, 3.63) is 94.1 Å². The molecule has 3 aliphatic rings. The zero-order valence-electron chi connectivity index (χ0n) is 24.4. The highest BCUT2D eigenvalue weighted by Crippen LogP contribution is 2.69. The largest absolute Gasteiger partial charge is 0.293 e. The Balaban J connectivity index is 1.38. The highest BCUT2D eigenvalue weighted by atomic mass is 16.1. The molecule has 4 atom stereocenters. The summed E-state index contributed by atoms with van der Waals surface area (Å²) in [5, 5.41) is 0. The number of carbonyl (C=O) groups excluding carboxylic acids is 2. The third kappa shape index (κ3) is 5.12. The van der Waals surface area contributed by atoms with Crippen LogP contribution in [0.15, 0.2) is 83.0 Å². The molecule has 0 heterocycles. The molecule has 202 valence electrons. The Morgan fingerprint density at radius 3 is 1.82 bits per heavy atom. The summed E-state index contributed by atoms with van der Waals surface area (Å²) in [4.78, 5) is 27.9. The van der Waals surface area contributed by atoms with Crippen molar-refractivity contribution in [3.63, 3.8) is 0 Å². The molecule has 0 aromatic heterocycles. The fourth-order valence-electron chi connectivity index (χ4n) is 7.16. The van der Waals surface area contributed by atoms with E-state index < -0.39 is 10.8 Å². The molecular formula is C36H46O2. The van der Waals surface area contributed by atoms with Crippen LogP contribution in [0, 0.1) is 22.7 Å². The van der Waals surface area contributed by atoms with Crippen LogP contribution in [-0.4, -0.2) is 11.6 Å². The zero-order chi connectivity index (χ0) is 27.5. The molecule has 0 radical (unpaired) electrons. The molecule has 0 aliphatic heterocycles. The first-order valence-corrected chi connectivity index (χ1v) is 14.6. The topological polar surface area (TPSA) is 34.1 Å². The number of rotatable bonds is 11. The van der Waals surface area contributed by atoms with Gasteiger partial charge < -0.3 is 0 Å². The second kappa shape index (κ2) is 11.6.